The normalized spacial score (nSPS) is 17.1. The van der Waals surface area contributed by atoms with E-state index < -0.39 is 29.5 Å². The Bertz CT molecular complexity index is 1440. The van der Waals surface area contributed by atoms with Crippen LogP contribution in [0.15, 0.2) is 72.3 Å². The summed E-state index contributed by atoms with van der Waals surface area (Å²) in [5.41, 5.74) is 2.56. The molecule has 8 heteroatoms. The molecule has 0 aliphatic carbocycles. The Hall–Kier alpha value is -4.10. The van der Waals surface area contributed by atoms with Crippen molar-refractivity contribution in [3.63, 3.8) is 0 Å². The minimum atomic E-state index is -0.979. The van der Waals surface area contributed by atoms with Gasteiger partial charge >= 0.3 is 5.97 Å². The number of hydrogen-bond donors (Lipinski definition) is 2. The number of ketones is 1. The van der Waals surface area contributed by atoms with E-state index in [2.05, 4.69) is 20.8 Å². The molecule has 1 unspecified atom stereocenters. The van der Waals surface area contributed by atoms with Gasteiger partial charge in [0.15, 0.2) is 0 Å². The monoisotopic (exact) mass is 533 g/mol. The molecule has 1 amide bonds. The van der Waals surface area contributed by atoms with E-state index in [4.69, 9.17) is 21.4 Å². The summed E-state index contributed by atoms with van der Waals surface area (Å²) in [6.45, 7) is 6.24. The Morgan fingerprint density at radius 2 is 1.61 bits per heavy atom. The highest BCUT2D eigenvalue weighted by Crippen LogP contribution is 2.43. The van der Waals surface area contributed by atoms with E-state index in [9.17, 15) is 19.5 Å². The maximum atomic E-state index is 13.4. The number of aliphatic hydroxyl groups is 1. The summed E-state index contributed by atoms with van der Waals surface area (Å²) < 4.78 is 5.26. The van der Waals surface area contributed by atoms with E-state index in [1.54, 1.807) is 36.4 Å². The molecule has 1 heterocycles. The van der Waals surface area contributed by atoms with Crippen LogP contribution in [0, 0.1) is 0 Å². The van der Waals surface area contributed by atoms with E-state index in [-0.39, 0.29) is 28.0 Å². The van der Waals surface area contributed by atoms with Crippen molar-refractivity contribution in [2.75, 3.05) is 12.0 Å². The van der Waals surface area contributed by atoms with Gasteiger partial charge in [-0.15, -0.1) is 0 Å². The van der Waals surface area contributed by atoms with Gasteiger partial charge in [0.1, 0.15) is 11.5 Å². The molecule has 1 saturated heterocycles. The third-order valence-corrected chi connectivity index (χ3v) is 6.86. The molecular formula is C30H28ClNO6. The topological polar surface area (TPSA) is 104 Å². The van der Waals surface area contributed by atoms with Gasteiger partial charge in [0.25, 0.3) is 11.7 Å². The van der Waals surface area contributed by atoms with Gasteiger partial charge in [0.05, 0.1) is 30.2 Å². The maximum Gasteiger partial charge on any atom is 0.307 e. The Morgan fingerprint density at radius 1 is 0.974 bits per heavy atom. The summed E-state index contributed by atoms with van der Waals surface area (Å²) >= 11 is 6.38. The van der Waals surface area contributed by atoms with Crippen LogP contribution in [0.25, 0.3) is 5.76 Å². The average molecular weight is 534 g/mol. The van der Waals surface area contributed by atoms with Crippen molar-refractivity contribution in [2.45, 2.75) is 38.6 Å². The second-order valence-electron chi connectivity index (χ2n) is 10.1. The minimum Gasteiger partial charge on any atom is -0.507 e. The van der Waals surface area contributed by atoms with Crippen LogP contribution in [-0.4, -0.2) is 35.0 Å². The number of carboxylic acids is 1. The van der Waals surface area contributed by atoms with Crippen LogP contribution in [0.5, 0.6) is 5.75 Å². The van der Waals surface area contributed by atoms with Crippen molar-refractivity contribution in [3.05, 3.63) is 99.6 Å². The summed E-state index contributed by atoms with van der Waals surface area (Å²) in [5, 5.41) is 20.7. The lowest BCUT2D eigenvalue weighted by Crippen LogP contribution is -2.29. The maximum absolute atomic E-state index is 13.4. The van der Waals surface area contributed by atoms with Crippen LogP contribution in [0.2, 0.25) is 5.02 Å². The first kappa shape index (κ1) is 26.9. The molecule has 1 fully saturated rings. The Labute approximate surface area is 225 Å². The van der Waals surface area contributed by atoms with Crippen molar-refractivity contribution in [1.29, 1.82) is 0 Å². The van der Waals surface area contributed by atoms with Crippen molar-refractivity contribution in [2.24, 2.45) is 0 Å². The second-order valence-corrected chi connectivity index (χ2v) is 10.5. The highest BCUT2D eigenvalue weighted by atomic mass is 35.5. The number of aliphatic carboxylic acids is 1. The predicted octanol–water partition coefficient (Wildman–Crippen LogP) is 5.90. The summed E-state index contributed by atoms with van der Waals surface area (Å²) in [5.74, 6) is -2.65. The fourth-order valence-electron chi connectivity index (χ4n) is 4.49. The fraction of sp³-hybridized carbons (Fsp3) is 0.233. The van der Waals surface area contributed by atoms with Gasteiger partial charge in [-0.2, -0.15) is 0 Å². The molecule has 1 aliphatic rings. The lowest BCUT2D eigenvalue weighted by atomic mass is 9.85. The quantitative estimate of drug-likeness (QED) is 0.232. The number of anilines is 1. The SMILES string of the molecule is COc1ccc(Cl)c(/C(O)=C2\C(=O)C(=O)N(c3ccc(CC(=O)O)cc3)C2c2ccc(C(C)(C)C)cc2)c1. The number of ether oxygens (including phenoxy) is 1. The largest absolute Gasteiger partial charge is 0.507 e. The Balaban J connectivity index is 1.91. The van der Waals surface area contributed by atoms with Crippen LogP contribution >= 0.6 is 11.6 Å². The number of nitrogens with zero attached hydrogens (tertiary/aromatic N) is 1. The van der Waals surface area contributed by atoms with Gasteiger partial charge in [-0.05, 0) is 52.4 Å². The van der Waals surface area contributed by atoms with Gasteiger partial charge in [0, 0.05) is 11.3 Å². The predicted molar refractivity (Wildman–Crippen MR) is 146 cm³/mol. The van der Waals surface area contributed by atoms with Gasteiger partial charge in [-0.3, -0.25) is 19.3 Å². The number of Topliss-reactive ketones (excluding diaryl/α,β-unsaturated/α-hetero) is 1. The highest BCUT2D eigenvalue weighted by molar-refractivity contribution is 6.52. The minimum absolute atomic E-state index is 0.108. The third-order valence-electron chi connectivity index (χ3n) is 6.54. The molecule has 1 atom stereocenters. The van der Waals surface area contributed by atoms with Crippen molar-refractivity contribution in [1.82, 2.24) is 0 Å². The van der Waals surface area contributed by atoms with Crippen LogP contribution in [0.3, 0.4) is 0 Å². The molecule has 196 valence electrons. The zero-order chi connectivity index (χ0) is 27.8. The lowest BCUT2D eigenvalue weighted by Gasteiger charge is -2.27. The number of aliphatic hydroxyl groups excluding tert-OH is 1. The molecule has 0 bridgehead atoms. The molecule has 0 spiro atoms. The molecule has 3 aromatic carbocycles. The van der Waals surface area contributed by atoms with Crippen LogP contribution in [-0.2, 0) is 26.2 Å². The number of hydrogen-bond acceptors (Lipinski definition) is 5. The molecule has 0 aromatic heterocycles. The van der Waals surface area contributed by atoms with Crippen molar-refractivity contribution in [3.8, 4) is 5.75 Å². The number of carbonyl (C=O) groups excluding carboxylic acids is 2. The summed E-state index contributed by atoms with van der Waals surface area (Å²) in [6, 6.07) is 17.7. The average Bonchev–Trinajstić information content (AvgIpc) is 3.14. The number of methoxy groups -OCH3 is 1. The smallest absolute Gasteiger partial charge is 0.307 e. The number of amides is 1. The van der Waals surface area contributed by atoms with Gasteiger partial charge in [-0.1, -0.05) is 68.8 Å². The van der Waals surface area contributed by atoms with Crippen molar-refractivity contribution >= 4 is 40.7 Å². The van der Waals surface area contributed by atoms with Gasteiger partial charge in [0.2, 0.25) is 0 Å². The zero-order valence-electron chi connectivity index (χ0n) is 21.5. The Morgan fingerprint density at radius 3 is 2.16 bits per heavy atom. The number of rotatable bonds is 6. The number of carbonyl (C=O) groups is 3. The highest BCUT2D eigenvalue weighted by Gasteiger charge is 2.47. The first-order valence-corrected chi connectivity index (χ1v) is 12.4. The Kier molecular flexibility index (Phi) is 7.33. The standard InChI is InChI=1S/C30H28ClNO6/c1-30(2,3)19-9-7-18(8-10-19)26-25(27(35)22-16-21(38-4)13-14-23(22)31)28(36)29(37)32(26)20-11-5-17(6-12-20)15-24(33)34/h5-14,16,26,35H,15H2,1-4H3,(H,33,34)/b27-25+. The number of benzene rings is 3. The van der Waals surface area contributed by atoms with E-state index in [1.807, 2.05) is 24.3 Å². The molecule has 0 radical (unpaired) electrons. The van der Waals surface area contributed by atoms with Crippen molar-refractivity contribution < 1.29 is 29.3 Å². The van der Waals surface area contributed by atoms with Crippen LogP contribution in [0.1, 0.15) is 49.1 Å². The van der Waals surface area contributed by atoms with Gasteiger partial charge in [-0.25, -0.2) is 0 Å². The van der Waals surface area contributed by atoms with E-state index in [1.165, 1.54) is 18.1 Å². The number of carboxylic acid groups (broad SMARTS) is 1. The van der Waals surface area contributed by atoms with E-state index in [0.29, 0.717) is 22.6 Å². The molecule has 7 nitrogen and oxygen atoms in total. The molecule has 0 saturated carbocycles. The third kappa shape index (κ3) is 5.15. The van der Waals surface area contributed by atoms with E-state index in [0.717, 1.165) is 5.56 Å². The van der Waals surface area contributed by atoms with E-state index >= 15 is 0 Å². The fourth-order valence-corrected chi connectivity index (χ4v) is 4.69. The molecule has 3 aromatic rings. The zero-order valence-corrected chi connectivity index (χ0v) is 22.2. The van der Waals surface area contributed by atoms with Crippen LogP contribution < -0.4 is 9.64 Å². The second kappa shape index (κ2) is 10.3. The number of halogens is 1. The summed E-state index contributed by atoms with van der Waals surface area (Å²) in [6.07, 6.45) is -0.175. The molecule has 2 N–H and O–H groups in total. The van der Waals surface area contributed by atoms with Gasteiger partial charge < -0.3 is 14.9 Å². The molecule has 1 aliphatic heterocycles. The van der Waals surface area contributed by atoms with Crippen LogP contribution in [0.4, 0.5) is 5.69 Å². The first-order chi connectivity index (χ1) is 17.9. The molecular weight excluding hydrogens is 506 g/mol. The summed E-state index contributed by atoms with van der Waals surface area (Å²) in [7, 11) is 1.47. The first-order valence-electron chi connectivity index (χ1n) is 12.0. The lowest BCUT2D eigenvalue weighted by molar-refractivity contribution is -0.136. The molecule has 4 rings (SSSR count). The summed E-state index contributed by atoms with van der Waals surface area (Å²) in [4.78, 5) is 39.3. The molecule has 38 heavy (non-hydrogen) atoms.